The third kappa shape index (κ3) is 3.41. The number of nitrogens with one attached hydrogen (secondary N) is 1. The van der Waals surface area contributed by atoms with Gasteiger partial charge < -0.3 is 9.73 Å². The van der Waals surface area contributed by atoms with Gasteiger partial charge >= 0.3 is 0 Å². The molecule has 1 amide bonds. The van der Waals surface area contributed by atoms with Crippen molar-refractivity contribution in [3.63, 3.8) is 0 Å². The number of halogens is 2. The van der Waals surface area contributed by atoms with E-state index in [1.165, 1.54) is 12.3 Å². The highest BCUT2D eigenvalue weighted by molar-refractivity contribution is 6.30. The van der Waals surface area contributed by atoms with Crippen LogP contribution in [0.4, 0.5) is 4.39 Å². The monoisotopic (exact) mass is 336 g/mol. The number of nitrogens with zero attached hydrogens (tertiary/aromatic N) is 1. The maximum Gasteiger partial charge on any atom is 0.286 e. The van der Waals surface area contributed by atoms with E-state index < -0.39 is 5.82 Å². The molecule has 0 unspecified atom stereocenters. The SMILES string of the molecule is CN1CC[C@H](CNC(=O)c2ccco2)[C@@H]1c1ccc(Cl)c(F)c1. The van der Waals surface area contributed by atoms with E-state index in [1.807, 2.05) is 13.1 Å². The molecule has 1 N–H and O–H groups in total. The lowest BCUT2D eigenvalue weighted by atomic mass is 9.93. The fraction of sp³-hybridized carbons (Fsp3) is 0.353. The Hall–Kier alpha value is -1.85. The van der Waals surface area contributed by atoms with Crippen LogP contribution in [-0.4, -0.2) is 30.9 Å². The highest BCUT2D eigenvalue weighted by Gasteiger charge is 2.33. The summed E-state index contributed by atoms with van der Waals surface area (Å²) in [6.45, 7) is 1.41. The van der Waals surface area contributed by atoms with Gasteiger partial charge in [0, 0.05) is 12.6 Å². The van der Waals surface area contributed by atoms with Crippen LogP contribution in [0.3, 0.4) is 0 Å². The second-order valence-corrected chi connectivity index (χ2v) is 6.24. The molecule has 2 heterocycles. The zero-order valence-electron chi connectivity index (χ0n) is 12.8. The molecule has 1 fully saturated rings. The first-order valence-corrected chi connectivity index (χ1v) is 7.91. The van der Waals surface area contributed by atoms with E-state index in [0.717, 1.165) is 18.5 Å². The summed E-state index contributed by atoms with van der Waals surface area (Å²) < 4.78 is 18.8. The Bertz CT molecular complexity index is 690. The molecular formula is C17H18ClFN2O2. The molecule has 3 rings (SSSR count). The van der Waals surface area contributed by atoms with Gasteiger partial charge in [-0.15, -0.1) is 0 Å². The summed E-state index contributed by atoms with van der Waals surface area (Å²) in [7, 11) is 2.01. The van der Waals surface area contributed by atoms with Gasteiger partial charge in [0.25, 0.3) is 5.91 Å². The fourth-order valence-corrected chi connectivity index (χ4v) is 3.30. The average Bonchev–Trinajstić information content (AvgIpc) is 3.18. The van der Waals surface area contributed by atoms with Gasteiger partial charge in [0.2, 0.25) is 0 Å². The molecular weight excluding hydrogens is 319 g/mol. The summed E-state index contributed by atoms with van der Waals surface area (Å²) in [5.74, 6) is -0.140. The van der Waals surface area contributed by atoms with Crippen molar-refractivity contribution >= 4 is 17.5 Å². The number of carbonyl (C=O) groups is 1. The van der Waals surface area contributed by atoms with E-state index in [0.29, 0.717) is 12.3 Å². The van der Waals surface area contributed by atoms with Crippen LogP contribution in [0.2, 0.25) is 5.02 Å². The van der Waals surface area contributed by atoms with Crippen LogP contribution in [0.15, 0.2) is 41.0 Å². The van der Waals surface area contributed by atoms with E-state index in [1.54, 1.807) is 18.2 Å². The second kappa shape index (κ2) is 6.72. The Morgan fingerprint density at radius 3 is 3.00 bits per heavy atom. The van der Waals surface area contributed by atoms with Crippen molar-refractivity contribution in [2.24, 2.45) is 5.92 Å². The molecule has 0 saturated carbocycles. The van der Waals surface area contributed by atoms with Gasteiger partial charge in [-0.05, 0) is 55.8 Å². The molecule has 1 aliphatic rings. The first kappa shape index (κ1) is 16.0. The Morgan fingerprint density at radius 1 is 1.48 bits per heavy atom. The number of benzene rings is 1. The second-order valence-electron chi connectivity index (χ2n) is 5.84. The predicted molar refractivity (Wildman–Crippen MR) is 85.9 cm³/mol. The maximum atomic E-state index is 13.8. The largest absolute Gasteiger partial charge is 0.459 e. The van der Waals surface area contributed by atoms with Crippen LogP contribution in [-0.2, 0) is 0 Å². The maximum absolute atomic E-state index is 13.8. The van der Waals surface area contributed by atoms with Gasteiger partial charge in [0.1, 0.15) is 5.82 Å². The first-order valence-electron chi connectivity index (χ1n) is 7.53. The molecule has 122 valence electrons. The molecule has 1 aromatic heterocycles. The zero-order valence-corrected chi connectivity index (χ0v) is 13.5. The van der Waals surface area contributed by atoms with Crippen molar-refractivity contribution in [3.05, 3.63) is 58.8 Å². The van der Waals surface area contributed by atoms with Gasteiger partial charge in [-0.2, -0.15) is 0 Å². The van der Waals surface area contributed by atoms with Crippen molar-refractivity contribution in [1.29, 1.82) is 0 Å². The van der Waals surface area contributed by atoms with E-state index in [2.05, 4.69) is 10.2 Å². The smallest absolute Gasteiger partial charge is 0.286 e. The van der Waals surface area contributed by atoms with Crippen molar-refractivity contribution in [1.82, 2.24) is 10.2 Å². The molecule has 0 radical (unpaired) electrons. The summed E-state index contributed by atoms with van der Waals surface area (Å²) in [6.07, 6.45) is 2.40. The number of hydrogen-bond acceptors (Lipinski definition) is 3. The summed E-state index contributed by atoms with van der Waals surface area (Å²) in [5, 5.41) is 3.02. The Morgan fingerprint density at radius 2 is 2.30 bits per heavy atom. The number of hydrogen-bond donors (Lipinski definition) is 1. The molecule has 1 aliphatic heterocycles. The van der Waals surface area contributed by atoms with Gasteiger partial charge in [-0.1, -0.05) is 17.7 Å². The molecule has 2 atom stereocenters. The van der Waals surface area contributed by atoms with Gasteiger partial charge in [-0.3, -0.25) is 9.69 Å². The van der Waals surface area contributed by atoms with E-state index in [4.69, 9.17) is 16.0 Å². The van der Waals surface area contributed by atoms with Gasteiger partial charge in [0.05, 0.1) is 11.3 Å². The minimum Gasteiger partial charge on any atom is -0.459 e. The standard InChI is InChI=1S/C17H18ClFN2O2/c1-21-7-6-12(10-20-17(22)15-3-2-8-23-15)16(21)11-4-5-13(18)14(19)9-11/h2-5,8-9,12,16H,6-7,10H2,1H3,(H,20,22)/t12-,16+/m1/s1. The summed E-state index contributed by atoms with van der Waals surface area (Å²) in [4.78, 5) is 14.2. The molecule has 0 bridgehead atoms. The van der Waals surface area contributed by atoms with E-state index in [-0.39, 0.29) is 22.9 Å². The van der Waals surface area contributed by atoms with Crippen molar-refractivity contribution in [2.45, 2.75) is 12.5 Å². The Balaban J connectivity index is 1.71. The Labute approximate surface area is 139 Å². The molecule has 1 saturated heterocycles. The predicted octanol–water partition coefficient (Wildman–Crippen LogP) is 3.49. The molecule has 23 heavy (non-hydrogen) atoms. The molecule has 2 aromatic rings. The van der Waals surface area contributed by atoms with Crippen molar-refractivity contribution in [2.75, 3.05) is 20.1 Å². The lowest BCUT2D eigenvalue weighted by Gasteiger charge is -2.26. The van der Waals surface area contributed by atoms with Crippen LogP contribution in [0.25, 0.3) is 0 Å². The number of furan rings is 1. The molecule has 0 aliphatic carbocycles. The minimum absolute atomic E-state index is 0.0543. The summed E-state index contributed by atoms with van der Waals surface area (Å²) >= 11 is 5.76. The highest BCUT2D eigenvalue weighted by atomic mass is 35.5. The lowest BCUT2D eigenvalue weighted by molar-refractivity contribution is 0.0916. The fourth-order valence-electron chi connectivity index (χ4n) is 3.18. The average molecular weight is 337 g/mol. The van der Waals surface area contributed by atoms with Gasteiger partial charge in [0.15, 0.2) is 5.76 Å². The molecule has 6 heteroatoms. The normalized spacial score (nSPS) is 21.5. The third-order valence-electron chi connectivity index (χ3n) is 4.33. The number of carbonyl (C=O) groups excluding carboxylic acids is 1. The molecule has 0 spiro atoms. The summed E-state index contributed by atoms with van der Waals surface area (Å²) in [6, 6.07) is 8.27. The van der Waals surface area contributed by atoms with E-state index in [9.17, 15) is 9.18 Å². The zero-order chi connectivity index (χ0) is 16.4. The van der Waals surface area contributed by atoms with Crippen molar-refractivity contribution in [3.8, 4) is 0 Å². The first-order chi connectivity index (χ1) is 11.1. The van der Waals surface area contributed by atoms with Crippen LogP contribution in [0, 0.1) is 11.7 Å². The number of rotatable bonds is 4. The number of likely N-dealkylation sites (tertiary alicyclic amines) is 1. The van der Waals surface area contributed by atoms with Crippen LogP contribution in [0.1, 0.15) is 28.6 Å². The topological polar surface area (TPSA) is 45.5 Å². The molecule has 1 aromatic carbocycles. The molecule has 4 nitrogen and oxygen atoms in total. The van der Waals surface area contributed by atoms with Crippen LogP contribution in [0.5, 0.6) is 0 Å². The number of amides is 1. The quantitative estimate of drug-likeness (QED) is 0.929. The highest BCUT2D eigenvalue weighted by Crippen LogP contribution is 2.36. The Kier molecular flexibility index (Phi) is 4.68. The third-order valence-corrected chi connectivity index (χ3v) is 4.64. The van der Waals surface area contributed by atoms with Crippen LogP contribution < -0.4 is 5.32 Å². The van der Waals surface area contributed by atoms with Gasteiger partial charge in [-0.25, -0.2) is 4.39 Å². The van der Waals surface area contributed by atoms with Crippen molar-refractivity contribution < 1.29 is 13.6 Å². The van der Waals surface area contributed by atoms with Crippen LogP contribution >= 0.6 is 11.6 Å². The minimum atomic E-state index is -0.414. The summed E-state index contributed by atoms with van der Waals surface area (Å²) in [5.41, 5.74) is 0.879. The lowest BCUT2D eigenvalue weighted by Crippen LogP contribution is -2.32. The van der Waals surface area contributed by atoms with E-state index >= 15 is 0 Å².